The van der Waals surface area contributed by atoms with E-state index < -0.39 is 0 Å². The van der Waals surface area contributed by atoms with Crippen LogP contribution in [-0.2, 0) is 19.1 Å². The van der Waals surface area contributed by atoms with Gasteiger partial charge >= 0.3 is 11.9 Å². The number of hydrogen-bond acceptors (Lipinski definition) is 5. The molecule has 0 amide bonds. The van der Waals surface area contributed by atoms with Crippen molar-refractivity contribution in [2.45, 2.75) is 51.0 Å². The fourth-order valence-corrected chi connectivity index (χ4v) is 2.50. The van der Waals surface area contributed by atoms with Crippen LogP contribution >= 0.6 is 0 Å². The number of carbonyl (C=O) groups is 2. The van der Waals surface area contributed by atoms with Gasteiger partial charge in [-0.3, -0.25) is 9.59 Å². The number of unbranched alkanes of at least 4 members (excludes halogenated alkanes) is 1. The Balaban J connectivity index is 2.03. The largest absolute Gasteiger partial charge is 0.469 e. The molecule has 0 aliphatic heterocycles. The van der Waals surface area contributed by atoms with Crippen LogP contribution in [0.15, 0.2) is 0 Å². The number of hydrogen-bond donors (Lipinski definition) is 1. The molecule has 0 spiro atoms. The van der Waals surface area contributed by atoms with E-state index in [1.54, 1.807) is 0 Å². The zero-order valence-corrected chi connectivity index (χ0v) is 11.9. The molecule has 0 heterocycles. The van der Waals surface area contributed by atoms with Crippen molar-refractivity contribution in [3.63, 3.8) is 0 Å². The summed E-state index contributed by atoms with van der Waals surface area (Å²) in [5.41, 5.74) is 0. The second kappa shape index (κ2) is 8.91. The van der Waals surface area contributed by atoms with Crippen LogP contribution in [0.5, 0.6) is 0 Å². The molecule has 0 aromatic carbocycles. The third-order valence-electron chi connectivity index (χ3n) is 3.73. The van der Waals surface area contributed by atoms with Crippen LogP contribution in [0.2, 0.25) is 0 Å². The minimum atomic E-state index is -0.140. The lowest BCUT2D eigenvalue weighted by molar-refractivity contribution is -0.146. The minimum Gasteiger partial charge on any atom is -0.469 e. The highest BCUT2D eigenvalue weighted by molar-refractivity contribution is 5.72. The summed E-state index contributed by atoms with van der Waals surface area (Å²) in [5.74, 6) is -0.127. The highest BCUT2D eigenvalue weighted by atomic mass is 16.5. The zero-order valence-electron chi connectivity index (χ0n) is 11.9. The highest BCUT2D eigenvalue weighted by Crippen LogP contribution is 2.25. The van der Waals surface area contributed by atoms with Gasteiger partial charge in [-0.25, -0.2) is 0 Å². The van der Waals surface area contributed by atoms with Gasteiger partial charge in [0.25, 0.3) is 0 Å². The number of esters is 2. The summed E-state index contributed by atoms with van der Waals surface area (Å²) in [6.45, 7) is 0.921. The summed E-state index contributed by atoms with van der Waals surface area (Å²) in [4.78, 5) is 22.3. The van der Waals surface area contributed by atoms with Crippen molar-refractivity contribution in [2.75, 3.05) is 20.8 Å². The molecular formula is C14H25NO4. The molecule has 110 valence electrons. The van der Waals surface area contributed by atoms with Crippen LogP contribution in [-0.4, -0.2) is 38.7 Å². The Hall–Kier alpha value is -1.10. The van der Waals surface area contributed by atoms with E-state index >= 15 is 0 Å². The fourth-order valence-electron chi connectivity index (χ4n) is 2.50. The van der Waals surface area contributed by atoms with Crippen LogP contribution in [0, 0.1) is 5.92 Å². The lowest BCUT2D eigenvalue weighted by Crippen LogP contribution is -2.35. The van der Waals surface area contributed by atoms with Gasteiger partial charge in [0.2, 0.25) is 0 Å². The van der Waals surface area contributed by atoms with Gasteiger partial charge in [0.15, 0.2) is 0 Å². The number of nitrogens with one attached hydrogen (secondary N) is 1. The van der Waals surface area contributed by atoms with E-state index in [-0.39, 0.29) is 17.9 Å². The van der Waals surface area contributed by atoms with Crippen LogP contribution < -0.4 is 5.32 Å². The standard InChI is InChI=1S/C14H25NO4/c1-18-13(16)5-3-4-10-15-12-8-6-11(7-9-12)14(17)19-2/h11-12,15H,3-10H2,1-2H3. The Morgan fingerprint density at radius 3 is 2.32 bits per heavy atom. The predicted octanol–water partition coefficient (Wildman–Crippen LogP) is 1.65. The van der Waals surface area contributed by atoms with Crippen molar-refractivity contribution >= 4 is 11.9 Å². The van der Waals surface area contributed by atoms with Crippen LogP contribution in [0.25, 0.3) is 0 Å². The molecule has 0 radical (unpaired) electrons. The molecule has 5 nitrogen and oxygen atoms in total. The second-order valence-corrected chi connectivity index (χ2v) is 5.06. The Labute approximate surface area is 115 Å². The Morgan fingerprint density at radius 2 is 1.74 bits per heavy atom. The summed E-state index contributed by atoms with van der Waals surface area (Å²) in [6.07, 6.45) is 6.20. The first-order chi connectivity index (χ1) is 9.17. The van der Waals surface area contributed by atoms with Gasteiger partial charge in [-0.05, 0) is 45.1 Å². The number of carbonyl (C=O) groups excluding carboxylic acids is 2. The lowest BCUT2D eigenvalue weighted by atomic mass is 9.86. The number of methoxy groups -OCH3 is 2. The molecule has 0 unspecified atom stereocenters. The molecule has 1 N–H and O–H groups in total. The van der Waals surface area contributed by atoms with Crippen molar-refractivity contribution in [3.8, 4) is 0 Å². The van der Waals surface area contributed by atoms with E-state index in [9.17, 15) is 9.59 Å². The topological polar surface area (TPSA) is 64.6 Å². The van der Waals surface area contributed by atoms with E-state index in [2.05, 4.69) is 10.1 Å². The van der Waals surface area contributed by atoms with Gasteiger partial charge in [-0.15, -0.1) is 0 Å². The van der Waals surface area contributed by atoms with E-state index in [4.69, 9.17) is 4.74 Å². The Kier molecular flexibility index (Phi) is 7.48. The summed E-state index contributed by atoms with van der Waals surface area (Å²) in [5, 5.41) is 3.49. The third-order valence-corrected chi connectivity index (χ3v) is 3.73. The lowest BCUT2D eigenvalue weighted by Gasteiger charge is -2.27. The molecule has 0 atom stereocenters. The van der Waals surface area contributed by atoms with E-state index in [0.29, 0.717) is 12.5 Å². The van der Waals surface area contributed by atoms with Crippen LogP contribution in [0.1, 0.15) is 44.9 Å². The maximum Gasteiger partial charge on any atom is 0.308 e. The first-order valence-corrected chi connectivity index (χ1v) is 7.05. The molecule has 5 heteroatoms. The molecule has 0 aromatic rings. The summed E-state index contributed by atoms with van der Waals surface area (Å²) in [6, 6.07) is 0.499. The van der Waals surface area contributed by atoms with Gasteiger partial charge in [0.1, 0.15) is 0 Å². The maximum atomic E-state index is 11.4. The van der Waals surface area contributed by atoms with Crippen molar-refractivity contribution in [3.05, 3.63) is 0 Å². The van der Waals surface area contributed by atoms with Gasteiger partial charge in [-0.1, -0.05) is 0 Å². The average Bonchev–Trinajstić information content (AvgIpc) is 2.46. The average molecular weight is 271 g/mol. The molecule has 1 aliphatic carbocycles. The van der Waals surface area contributed by atoms with Crippen molar-refractivity contribution in [1.82, 2.24) is 5.32 Å². The van der Waals surface area contributed by atoms with Crippen molar-refractivity contribution in [1.29, 1.82) is 0 Å². The predicted molar refractivity (Wildman–Crippen MR) is 71.6 cm³/mol. The van der Waals surface area contributed by atoms with Crippen molar-refractivity contribution < 1.29 is 19.1 Å². The molecule has 0 aromatic heterocycles. The van der Waals surface area contributed by atoms with Crippen LogP contribution in [0.3, 0.4) is 0 Å². The molecule has 1 aliphatic rings. The third kappa shape index (κ3) is 6.05. The smallest absolute Gasteiger partial charge is 0.308 e. The molecule has 1 saturated carbocycles. The van der Waals surface area contributed by atoms with Crippen molar-refractivity contribution in [2.24, 2.45) is 5.92 Å². The number of ether oxygens (including phenoxy) is 2. The maximum absolute atomic E-state index is 11.4. The second-order valence-electron chi connectivity index (χ2n) is 5.06. The molecule has 1 fully saturated rings. The number of rotatable bonds is 7. The van der Waals surface area contributed by atoms with E-state index in [1.165, 1.54) is 14.2 Å². The molecule has 1 rings (SSSR count). The monoisotopic (exact) mass is 271 g/mol. The first-order valence-electron chi connectivity index (χ1n) is 7.05. The normalized spacial score (nSPS) is 22.8. The summed E-state index contributed by atoms with van der Waals surface area (Å²) >= 11 is 0. The quantitative estimate of drug-likeness (QED) is 0.563. The van der Waals surface area contributed by atoms with E-state index in [0.717, 1.165) is 45.1 Å². The molecule has 0 bridgehead atoms. The Bertz CT molecular complexity index is 285. The van der Waals surface area contributed by atoms with Gasteiger partial charge in [-0.2, -0.15) is 0 Å². The molecule has 19 heavy (non-hydrogen) atoms. The van der Waals surface area contributed by atoms with Gasteiger partial charge < -0.3 is 14.8 Å². The van der Waals surface area contributed by atoms with E-state index in [1.807, 2.05) is 0 Å². The first kappa shape index (κ1) is 16.0. The summed E-state index contributed by atoms with van der Waals surface area (Å²) < 4.78 is 9.36. The molecular weight excluding hydrogens is 246 g/mol. The fraction of sp³-hybridized carbons (Fsp3) is 0.857. The van der Waals surface area contributed by atoms with Gasteiger partial charge in [0, 0.05) is 12.5 Å². The van der Waals surface area contributed by atoms with Gasteiger partial charge in [0.05, 0.1) is 20.1 Å². The minimum absolute atomic E-state index is 0.0727. The SMILES string of the molecule is COC(=O)CCCCNC1CCC(C(=O)OC)CC1. The van der Waals surface area contributed by atoms with Crippen LogP contribution in [0.4, 0.5) is 0 Å². The highest BCUT2D eigenvalue weighted by Gasteiger charge is 2.26. The summed E-state index contributed by atoms with van der Waals surface area (Å²) in [7, 11) is 2.87. The zero-order chi connectivity index (χ0) is 14.1. The Morgan fingerprint density at radius 1 is 1.05 bits per heavy atom. The molecule has 0 saturated heterocycles.